The van der Waals surface area contributed by atoms with Gasteiger partial charge in [0.1, 0.15) is 5.56 Å². The van der Waals surface area contributed by atoms with E-state index in [1.54, 1.807) is 22.0 Å². The van der Waals surface area contributed by atoms with Gasteiger partial charge in [-0.05, 0) is 32.8 Å². The molecule has 0 aromatic carbocycles. The number of thiazole rings is 1. The number of rotatable bonds is 2. The van der Waals surface area contributed by atoms with Crippen LogP contribution in [0, 0.1) is 13.8 Å². The first kappa shape index (κ1) is 15.3. The minimum atomic E-state index is 0.0270. The average molecular weight is 341 g/mol. The summed E-state index contributed by atoms with van der Waals surface area (Å²) in [5.74, 6) is 0.357. The third-order valence-corrected chi connectivity index (χ3v) is 5.60. The van der Waals surface area contributed by atoms with Gasteiger partial charge in [0.05, 0.1) is 10.7 Å². The van der Waals surface area contributed by atoms with Gasteiger partial charge >= 0.3 is 0 Å². The molecular formula is C17H19N5OS. The summed E-state index contributed by atoms with van der Waals surface area (Å²) in [6.45, 7) is 5.38. The summed E-state index contributed by atoms with van der Waals surface area (Å²) in [4.78, 5) is 24.0. The molecular weight excluding hydrogens is 322 g/mol. The van der Waals surface area contributed by atoms with E-state index in [1.165, 1.54) is 0 Å². The molecule has 0 N–H and O–H groups in total. The number of carbonyl (C=O) groups is 1. The van der Waals surface area contributed by atoms with Crippen LogP contribution in [0.25, 0.3) is 5.65 Å². The molecule has 3 aromatic rings. The zero-order valence-corrected chi connectivity index (χ0v) is 14.6. The molecule has 0 radical (unpaired) electrons. The Hall–Kier alpha value is -2.28. The lowest BCUT2D eigenvalue weighted by atomic mass is 9.98. The zero-order chi connectivity index (χ0) is 16.7. The Morgan fingerprint density at radius 3 is 3.04 bits per heavy atom. The lowest BCUT2D eigenvalue weighted by Crippen LogP contribution is -2.39. The van der Waals surface area contributed by atoms with Crippen LogP contribution in [0.3, 0.4) is 0 Å². The van der Waals surface area contributed by atoms with Crippen LogP contribution in [0.1, 0.15) is 45.5 Å². The third kappa shape index (κ3) is 2.58. The minimum absolute atomic E-state index is 0.0270. The van der Waals surface area contributed by atoms with Crippen LogP contribution in [0.4, 0.5) is 0 Å². The van der Waals surface area contributed by atoms with Gasteiger partial charge in [0.2, 0.25) is 0 Å². The number of likely N-dealkylation sites (tertiary alicyclic amines) is 1. The van der Waals surface area contributed by atoms with Gasteiger partial charge in [0, 0.05) is 42.5 Å². The first-order valence-corrected chi connectivity index (χ1v) is 9.02. The van der Waals surface area contributed by atoms with Crippen LogP contribution in [-0.4, -0.2) is 43.5 Å². The van der Waals surface area contributed by atoms with Crippen LogP contribution in [-0.2, 0) is 0 Å². The molecule has 1 atom stereocenters. The molecule has 1 aliphatic heterocycles. The van der Waals surface area contributed by atoms with Gasteiger partial charge in [-0.15, -0.1) is 11.3 Å². The number of fused-ring (bicyclic) bond motifs is 1. The molecule has 0 saturated carbocycles. The van der Waals surface area contributed by atoms with Gasteiger partial charge < -0.3 is 4.90 Å². The molecule has 124 valence electrons. The molecule has 3 aromatic heterocycles. The van der Waals surface area contributed by atoms with Crippen molar-refractivity contribution >= 4 is 22.9 Å². The Morgan fingerprint density at radius 2 is 2.25 bits per heavy atom. The summed E-state index contributed by atoms with van der Waals surface area (Å²) in [6, 6.07) is 1.81. The summed E-state index contributed by atoms with van der Waals surface area (Å²) < 4.78 is 1.67. The van der Waals surface area contributed by atoms with E-state index in [4.69, 9.17) is 0 Å². The number of nitrogens with zero attached hydrogens (tertiary/aromatic N) is 5. The standard InChI is InChI=1S/C17H19N5OS/c1-11-10-24-16(19-11)13-5-3-7-21(9-13)17(23)14-12(2)20-22-8-4-6-18-15(14)22/h4,6,8,10,13H,3,5,7,9H2,1-2H3/t13-/m1/s1. The van der Waals surface area contributed by atoms with Crippen molar-refractivity contribution in [2.45, 2.75) is 32.6 Å². The summed E-state index contributed by atoms with van der Waals surface area (Å²) in [7, 11) is 0. The van der Waals surface area contributed by atoms with Crippen molar-refractivity contribution in [2.75, 3.05) is 13.1 Å². The predicted octanol–water partition coefficient (Wildman–Crippen LogP) is 2.82. The highest BCUT2D eigenvalue weighted by atomic mass is 32.1. The fraction of sp³-hybridized carbons (Fsp3) is 0.412. The number of hydrogen-bond donors (Lipinski definition) is 0. The molecule has 1 amide bonds. The zero-order valence-electron chi connectivity index (χ0n) is 13.8. The number of piperidine rings is 1. The van der Waals surface area contributed by atoms with Crippen LogP contribution >= 0.6 is 11.3 Å². The van der Waals surface area contributed by atoms with E-state index in [-0.39, 0.29) is 5.91 Å². The molecule has 4 heterocycles. The molecule has 0 bridgehead atoms. The maximum atomic E-state index is 13.1. The molecule has 0 unspecified atom stereocenters. The Balaban J connectivity index is 1.62. The Labute approximate surface area is 144 Å². The molecule has 0 spiro atoms. The largest absolute Gasteiger partial charge is 0.338 e. The normalized spacial score (nSPS) is 18.2. The molecule has 6 nitrogen and oxygen atoms in total. The van der Waals surface area contributed by atoms with Crippen molar-refractivity contribution in [1.82, 2.24) is 24.5 Å². The highest BCUT2D eigenvalue weighted by Gasteiger charge is 2.30. The molecule has 24 heavy (non-hydrogen) atoms. The summed E-state index contributed by atoms with van der Waals surface area (Å²) in [5, 5.41) is 7.62. The lowest BCUT2D eigenvalue weighted by Gasteiger charge is -2.31. The second-order valence-electron chi connectivity index (χ2n) is 6.27. The minimum Gasteiger partial charge on any atom is -0.338 e. The number of hydrogen-bond acceptors (Lipinski definition) is 5. The average Bonchev–Trinajstić information content (AvgIpc) is 3.17. The van der Waals surface area contributed by atoms with E-state index in [0.29, 0.717) is 17.1 Å². The van der Waals surface area contributed by atoms with E-state index in [9.17, 15) is 4.79 Å². The van der Waals surface area contributed by atoms with Crippen molar-refractivity contribution < 1.29 is 4.79 Å². The summed E-state index contributed by atoms with van der Waals surface area (Å²) >= 11 is 1.70. The topological polar surface area (TPSA) is 63.4 Å². The molecule has 7 heteroatoms. The van der Waals surface area contributed by atoms with Gasteiger partial charge in [-0.2, -0.15) is 5.10 Å². The second kappa shape index (κ2) is 5.98. The van der Waals surface area contributed by atoms with E-state index in [0.717, 1.165) is 42.3 Å². The van der Waals surface area contributed by atoms with Crippen molar-refractivity contribution in [3.8, 4) is 0 Å². The molecule has 0 aliphatic carbocycles. The lowest BCUT2D eigenvalue weighted by molar-refractivity contribution is 0.0708. The van der Waals surface area contributed by atoms with Gasteiger partial charge in [0.25, 0.3) is 5.91 Å². The molecule has 1 aliphatic rings. The first-order valence-electron chi connectivity index (χ1n) is 8.14. The number of amides is 1. The Morgan fingerprint density at radius 1 is 1.38 bits per heavy atom. The van der Waals surface area contributed by atoms with E-state index >= 15 is 0 Å². The quantitative estimate of drug-likeness (QED) is 0.719. The number of carbonyl (C=O) groups excluding carboxylic acids is 1. The summed E-state index contributed by atoms with van der Waals surface area (Å²) in [5.41, 5.74) is 3.03. The third-order valence-electron chi connectivity index (χ3n) is 4.48. The molecule has 1 fully saturated rings. The van der Waals surface area contributed by atoms with Crippen LogP contribution in [0.15, 0.2) is 23.8 Å². The molecule has 1 saturated heterocycles. The van der Waals surface area contributed by atoms with Crippen molar-refractivity contribution in [3.05, 3.63) is 45.8 Å². The highest BCUT2D eigenvalue weighted by Crippen LogP contribution is 2.30. The second-order valence-corrected chi connectivity index (χ2v) is 7.16. The van der Waals surface area contributed by atoms with Crippen LogP contribution in [0.2, 0.25) is 0 Å². The fourth-order valence-corrected chi connectivity index (χ4v) is 4.25. The Bertz CT molecular complexity index is 899. The van der Waals surface area contributed by atoms with Gasteiger partial charge in [-0.3, -0.25) is 4.79 Å². The van der Waals surface area contributed by atoms with Crippen LogP contribution in [0.5, 0.6) is 0 Å². The van der Waals surface area contributed by atoms with Gasteiger partial charge in [-0.1, -0.05) is 0 Å². The van der Waals surface area contributed by atoms with E-state index in [2.05, 4.69) is 20.4 Å². The first-order chi connectivity index (χ1) is 11.6. The molecule has 4 rings (SSSR count). The predicted molar refractivity (Wildman–Crippen MR) is 92.5 cm³/mol. The smallest absolute Gasteiger partial charge is 0.259 e. The number of aryl methyl sites for hydroxylation is 2. The maximum absolute atomic E-state index is 13.1. The monoisotopic (exact) mass is 341 g/mol. The van der Waals surface area contributed by atoms with Gasteiger partial charge in [0.15, 0.2) is 5.65 Å². The fourth-order valence-electron chi connectivity index (χ4n) is 3.33. The SMILES string of the molecule is Cc1csc([C@@H]2CCCN(C(=O)c3c(C)nn4cccnc34)C2)n1. The van der Waals surface area contributed by atoms with Crippen molar-refractivity contribution in [3.63, 3.8) is 0 Å². The maximum Gasteiger partial charge on any atom is 0.259 e. The van der Waals surface area contributed by atoms with Crippen molar-refractivity contribution in [1.29, 1.82) is 0 Å². The van der Waals surface area contributed by atoms with Crippen LogP contribution < -0.4 is 0 Å². The van der Waals surface area contributed by atoms with Gasteiger partial charge in [-0.25, -0.2) is 14.5 Å². The van der Waals surface area contributed by atoms with E-state index < -0.39 is 0 Å². The number of aromatic nitrogens is 4. The van der Waals surface area contributed by atoms with E-state index in [1.807, 2.05) is 31.0 Å². The highest BCUT2D eigenvalue weighted by molar-refractivity contribution is 7.09. The van der Waals surface area contributed by atoms with Crippen molar-refractivity contribution in [2.24, 2.45) is 0 Å². The summed E-state index contributed by atoms with van der Waals surface area (Å²) in [6.07, 6.45) is 5.61. The Kier molecular flexibility index (Phi) is 3.80.